The molecule has 18 heavy (non-hydrogen) atoms. The third-order valence-electron chi connectivity index (χ3n) is 2.38. The van der Waals surface area contributed by atoms with E-state index in [1.54, 1.807) is 24.3 Å². The molecule has 0 atom stereocenters. The Labute approximate surface area is 103 Å². The van der Waals surface area contributed by atoms with Crippen LogP contribution in [0.5, 0.6) is 5.75 Å². The van der Waals surface area contributed by atoms with Crippen LogP contribution in [-0.4, -0.2) is 4.92 Å². The first-order valence-corrected chi connectivity index (χ1v) is 5.27. The van der Waals surface area contributed by atoms with Crippen molar-refractivity contribution >= 4 is 5.69 Å². The summed E-state index contributed by atoms with van der Waals surface area (Å²) in [6.07, 6.45) is 0. The van der Waals surface area contributed by atoms with E-state index in [1.807, 2.05) is 0 Å². The van der Waals surface area contributed by atoms with Gasteiger partial charge in [0.2, 0.25) is 0 Å². The molecule has 0 amide bonds. The monoisotopic (exact) mass is 247 g/mol. The molecule has 0 unspecified atom stereocenters. The molecule has 92 valence electrons. The Kier molecular flexibility index (Phi) is 3.52. The highest BCUT2D eigenvalue weighted by Gasteiger charge is 2.05. The molecule has 0 aliphatic heterocycles. The molecule has 0 spiro atoms. The van der Waals surface area contributed by atoms with Crippen LogP contribution in [0.4, 0.5) is 10.1 Å². The SMILES string of the molecule is O=[N+]([O-])c1ccc(COc2ccccc2F)cc1. The van der Waals surface area contributed by atoms with E-state index in [-0.39, 0.29) is 18.0 Å². The predicted octanol–water partition coefficient (Wildman–Crippen LogP) is 3.31. The minimum absolute atomic E-state index is 0.0182. The average molecular weight is 247 g/mol. The van der Waals surface area contributed by atoms with E-state index in [9.17, 15) is 14.5 Å². The van der Waals surface area contributed by atoms with Crippen LogP contribution in [-0.2, 0) is 6.61 Å². The number of non-ortho nitro benzene ring substituents is 1. The van der Waals surface area contributed by atoms with Crippen molar-refractivity contribution in [2.45, 2.75) is 6.61 Å². The van der Waals surface area contributed by atoms with Gasteiger partial charge in [0.05, 0.1) is 4.92 Å². The lowest BCUT2D eigenvalue weighted by Crippen LogP contribution is -1.97. The summed E-state index contributed by atoms with van der Waals surface area (Å²) in [5, 5.41) is 10.5. The molecule has 0 N–H and O–H groups in total. The normalized spacial score (nSPS) is 10.1. The van der Waals surface area contributed by atoms with Crippen molar-refractivity contribution in [3.8, 4) is 5.75 Å². The number of benzene rings is 2. The average Bonchev–Trinajstić information content (AvgIpc) is 2.38. The van der Waals surface area contributed by atoms with Gasteiger partial charge in [0.25, 0.3) is 5.69 Å². The molecule has 0 aliphatic rings. The molecule has 0 saturated carbocycles. The topological polar surface area (TPSA) is 52.4 Å². The number of nitro groups is 1. The van der Waals surface area contributed by atoms with Crippen LogP contribution in [0.2, 0.25) is 0 Å². The first kappa shape index (κ1) is 12.0. The van der Waals surface area contributed by atoms with Crippen molar-refractivity contribution in [1.29, 1.82) is 0 Å². The van der Waals surface area contributed by atoms with Gasteiger partial charge in [-0.15, -0.1) is 0 Å². The summed E-state index contributed by atoms with van der Waals surface area (Å²) < 4.78 is 18.5. The Balaban J connectivity index is 2.02. The van der Waals surface area contributed by atoms with Crippen LogP contribution < -0.4 is 4.74 Å². The molecule has 4 nitrogen and oxygen atoms in total. The molecule has 5 heteroatoms. The van der Waals surface area contributed by atoms with Crippen molar-refractivity contribution in [2.75, 3.05) is 0 Å². The van der Waals surface area contributed by atoms with Gasteiger partial charge in [0.15, 0.2) is 11.6 Å². The van der Waals surface area contributed by atoms with Crippen molar-refractivity contribution in [3.63, 3.8) is 0 Å². The van der Waals surface area contributed by atoms with Crippen LogP contribution in [0, 0.1) is 15.9 Å². The molecule has 2 aromatic carbocycles. The quantitative estimate of drug-likeness (QED) is 0.615. The summed E-state index contributed by atoms with van der Waals surface area (Å²) in [5.41, 5.74) is 0.758. The van der Waals surface area contributed by atoms with E-state index >= 15 is 0 Å². The van der Waals surface area contributed by atoms with Gasteiger partial charge in [-0.1, -0.05) is 12.1 Å². The zero-order chi connectivity index (χ0) is 13.0. The number of nitro benzene ring substituents is 1. The lowest BCUT2D eigenvalue weighted by molar-refractivity contribution is -0.384. The van der Waals surface area contributed by atoms with Gasteiger partial charge < -0.3 is 4.74 Å². The maximum Gasteiger partial charge on any atom is 0.269 e. The van der Waals surface area contributed by atoms with E-state index in [4.69, 9.17) is 4.74 Å². The zero-order valence-corrected chi connectivity index (χ0v) is 9.38. The largest absolute Gasteiger partial charge is 0.486 e. The fourth-order valence-corrected chi connectivity index (χ4v) is 1.44. The Morgan fingerprint density at radius 1 is 1.11 bits per heavy atom. The van der Waals surface area contributed by atoms with Crippen LogP contribution >= 0.6 is 0 Å². The first-order chi connectivity index (χ1) is 8.66. The van der Waals surface area contributed by atoms with Gasteiger partial charge in [0, 0.05) is 12.1 Å². The van der Waals surface area contributed by atoms with Gasteiger partial charge in [-0.05, 0) is 29.8 Å². The predicted molar refractivity (Wildman–Crippen MR) is 63.8 cm³/mol. The van der Waals surface area contributed by atoms with E-state index < -0.39 is 10.7 Å². The number of rotatable bonds is 4. The number of hydrogen-bond acceptors (Lipinski definition) is 3. The number of hydrogen-bond donors (Lipinski definition) is 0. The van der Waals surface area contributed by atoms with Crippen molar-refractivity contribution in [1.82, 2.24) is 0 Å². The lowest BCUT2D eigenvalue weighted by Gasteiger charge is -2.06. The Hall–Kier alpha value is -2.43. The van der Waals surface area contributed by atoms with E-state index in [0.717, 1.165) is 5.56 Å². The molecular formula is C13H10FNO3. The molecule has 0 aliphatic carbocycles. The molecule has 2 rings (SSSR count). The van der Waals surface area contributed by atoms with Crippen LogP contribution in [0.25, 0.3) is 0 Å². The molecule has 0 heterocycles. The highest BCUT2D eigenvalue weighted by atomic mass is 19.1. The van der Waals surface area contributed by atoms with Gasteiger partial charge in [-0.3, -0.25) is 10.1 Å². The number of ether oxygens (including phenoxy) is 1. The molecular weight excluding hydrogens is 237 g/mol. The first-order valence-electron chi connectivity index (χ1n) is 5.27. The third-order valence-corrected chi connectivity index (χ3v) is 2.38. The summed E-state index contributed by atoms with van der Waals surface area (Å²) in [5.74, 6) is -0.268. The molecule has 0 bridgehead atoms. The second-order valence-electron chi connectivity index (χ2n) is 3.64. The summed E-state index contributed by atoms with van der Waals surface area (Å²) >= 11 is 0. The second kappa shape index (κ2) is 5.27. The number of halogens is 1. The molecule has 0 fully saturated rings. The fourth-order valence-electron chi connectivity index (χ4n) is 1.44. The van der Waals surface area contributed by atoms with Crippen LogP contribution in [0.3, 0.4) is 0 Å². The van der Waals surface area contributed by atoms with E-state index in [2.05, 4.69) is 0 Å². The summed E-state index contributed by atoms with van der Waals surface area (Å²) in [6.45, 7) is 0.166. The molecule has 0 saturated heterocycles. The fraction of sp³-hybridized carbons (Fsp3) is 0.0769. The summed E-state index contributed by atoms with van der Waals surface area (Å²) in [4.78, 5) is 9.99. The van der Waals surface area contributed by atoms with Gasteiger partial charge in [-0.2, -0.15) is 0 Å². The maximum atomic E-state index is 13.2. The van der Waals surface area contributed by atoms with Crippen molar-refractivity contribution in [3.05, 3.63) is 70.0 Å². The van der Waals surface area contributed by atoms with Crippen molar-refractivity contribution in [2.24, 2.45) is 0 Å². The maximum absolute atomic E-state index is 13.2. The smallest absolute Gasteiger partial charge is 0.269 e. The zero-order valence-electron chi connectivity index (χ0n) is 9.38. The van der Waals surface area contributed by atoms with Crippen molar-refractivity contribution < 1.29 is 14.1 Å². The highest BCUT2D eigenvalue weighted by molar-refractivity contribution is 5.33. The Bertz CT molecular complexity index is 554. The standard InChI is InChI=1S/C13H10FNO3/c14-12-3-1-2-4-13(12)18-9-10-5-7-11(8-6-10)15(16)17/h1-8H,9H2. The van der Waals surface area contributed by atoms with Gasteiger partial charge in [-0.25, -0.2) is 4.39 Å². The van der Waals surface area contributed by atoms with E-state index in [0.29, 0.717) is 0 Å². The Morgan fingerprint density at radius 2 is 1.78 bits per heavy atom. The lowest BCUT2D eigenvalue weighted by atomic mass is 10.2. The van der Waals surface area contributed by atoms with E-state index in [1.165, 1.54) is 24.3 Å². The minimum Gasteiger partial charge on any atom is -0.486 e. The third kappa shape index (κ3) is 2.82. The minimum atomic E-state index is -0.471. The second-order valence-corrected chi connectivity index (χ2v) is 3.64. The van der Waals surface area contributed by atoms with Crippen LogP contribution in [0.1, 0.15) is 5.56 Å². The molecule has 0 radical (unpaired) electrons. The number of para-hydroxylation sites is 1. The molecule has 0 aromatic heterocycles. The summed E-state index contributed by atoms with van der Waals surface area (Å²) in [6, 6.07) is 12.0. The number of nitrogens with zero attached hydrogens (tertiary/aromatic N) is 1. The Morgan fingerprint density at radius 3 is 2.39 bits per heavy atom. The van der Waals surface area contributed by atoms with Crippen LogP contribution in [0.15, 0.2) is 48.5 Å². The van der Waals surface area contributed by atoms with Gasteiger partial charge >= 0.3 is 0 Å². The molecule has 2 aromatic rings. The van der Waals surface area contributed by atoms with Gasteiger partial charge in [0.1, 0.15) is 6.61 Å². The highest BCUT2D eigenvalue weighted by Crippen LogP contribution is 2.18. The summed E-state index contributed by atoms with van der Waals surface area (Å²) in [7, 11) is 0.